The van der Waals surface area contributed by atoms with Crippen LogP contribution >= 0.6 is 0 Å². The van der Waals surface area contributed by atoms with E-state index in [1.54, 1.807) is 6.92 Å². The minimum atomic E-state index is -0.828. The van der Waals surface area contributed by atoms with Gasteiger partial charge in [0.25, 0.3) is 0 Å². The SMILES string of the molecule is C[C@H](NCc1cn(C)c2ccccc12)C(=O)O. The molecule has 2 rings (SSSR count). The normalized spacial score (nSPS) is 12.8. The molecular weight excluding hydrogens is 216 g/mol. The second-order valence-electron chi connectivity index (χ2n) is 4.22. The Bertz CT molecular complexity index is 545. The fourth-order valence-electron chi connectivity index (χ4n) is 1.92. The third-order valence-electron chi connectivity index (χ3n) is 2.95. The van der Waals surface area contributed by atoms with Gasteiger partial charge >= 0.3 is 5.97 Å². The molecule has 0 amide bonds. The van der Waals surface area contributed by atoms with Crippen molar-refractivity contribution < 1.29 is 9.90 Å². The second kappa shape index (κ2) is 4.59. The number of rotatable bonds is 4. The maximum atomic E-state index is 10.7. The molecule has 90 valence electrons. The quantitative estimate of drug-likeness (QED) is 0.844. The number of aliphatic carboxylic acids is 1. The maximum Gasteiger partial charge on any atom is 0.320 e. The molecule has 0 unspecified atom stereocenters. The van der Waals surface area contributed by atoms with Gasteiger partial charge in [0.05, 0.1) is 0 Å². The van der Waals surface area contributed by atoms with Gasteiger partial charge in [-0.1, -0.05) is 18.2 Å². The Morgan fingerprint density at radius 1 is 1.47 bits per heavy atom. The van der Waals surface area contributed by atoms with Crippen LogP contribution in [-0.2, 0) is 18.4 Å². The zero-order valence-electron chi connectivity index (χ0n) is 9.97. The average Bonchev–Trinajstić information content (AvgIpc) is 2.64. The number of benzene rings is 1. The smallest absolute Gasteiger partial charge is 0.320 e. The van der Waals surface area contributed by atoms with Gasteiger partial charge in [0.2, 0.25) is 0 Å². The van der Waals surface area contributed by atoms with E-state index in [1.807, 2.05) is 25.4 Å². The summed E-state index contributed by atoms with van der Waals surface area (Å²) in [7, 11) is 1.99. The highest BCUT2D eigenvalue weighted by molar-refractivity contribution is 5.83. The first kappa shape index (κ1) is 11.7. The predicted molar refractivity (Wildman–Crippen MR) is 66.9 cm³/mol. The van der Waals surface area contributed by atoms with Crippen LogP contribution in [0, 0.1) is 0 Å². The number of carboxylic acid groups (broad SMARTS) is 1. The standard InChI is InChI=1S/C13H16N2O2/c1-9(13(16)17)14-7-10-8-15(2)12-6-4-3-5-11(10)12/h3-6,8-9,14H,7H2,1-2H3,(H,16,17)/t9-/m0/s1. The Labute approximate surface area is 99.9 Å². The van der Waals surface area contributed by atoms with Gasteiger partial charge in [0.15, 0.2) is 0 Å². The van der Waals surface area contributed by atoms with Gasteiger partial charge in [-0.3, -0.25) is 4.79 Å². The minimum Gasteiger partial charge on any atom is -0.480 e. The summed E-state index contributed by atoms with van der Waals surface area (Å²) in [6.45, 7) is 2.21. The molecule has 0 saturated heterocycles. The monoisotopic (exact) mass is 232 g/mol. The number of para-hydroxylation sites is 1. The molecule has 1 aromatic heterocycles. The van der Waals surface area contributed by atoms with E-state index in [0.29, 0.717) is 6.54 Å². The van der Waals surface area contributed by atoms with E-state index >= 15 is 0 Å². The number of nitrogens with one attached hydrogen (secondary N) is 1. The lowest BCUT2D eigenvalue weighted by atomic mass is 10.1. The lowest BCUT2D eigenvalue weighted by molar-refractivity contribution is -0.139. The fraction of sp³-hybridized carbons (Fsp3) is 0.308. The van der Waals surface area contributed by atoms with E-state index in [1.165, 1.54) is 5.39 Å². The molecule has 4 nitrogen and oxygen atoms in total. The average molecular weight is 232 g/mol. The molecule has 0 spiro atoms. The molecule has 1 atom stereocenters. The van der Waals surface area contributed by atoms with E-state index in [0.717, 1.165) is 11.1 Å². The van der Waals surface area contributed by atoms with Crippen molar-refractivity contribution in [3.8, 4) is 0 Å². The largest absolute Gasteiger partial charge is 0.480 e. The number of carbonyl (C=O) groups is 1. The molecule has 0 bridgehead atoms. The van der Waals surface area contributed by atoms with Crippen molar-refractivity contribution in [2.24, 2.45) is 7.05 Å². The van der Waals surface area contributed by atoms with Crippen LogP contribution in [0.3, 0.4) is 0 Å². The molecule has 0 fully saturated rings. The highest BCUT2D eigenvalue weighted by atomic mass is 16.4. The summed E-state index contributed by atoms with van der Waals surface area (Å²) in [5.74, 6) is -0.828. The summed E-state index contributed by atoms with van der Waals surface area (Å²) in [5.41, 5.74) is 2.28. The zero-order valence-corrected chi connectivity index (χ0v) is 9.97. The first-order chi connectivity index (χ1) is 8.09. The first-order valence-corrected chi connectivity index (χ1v) is 5.58. The van der Waals surface area contributed by atoms with Crippen LogP contribution in [0.5, 0.6) is 0 Å². The van der Waals surface area contributed by atoms with Crippen molar-refractivity contribution in [1.82, 2.24) is 9.88 Å². The van der Waals surface area contributed by atoms with Gasteiger partial charge in [-0.25, -0.2) is 0 Å². The third-order valence-corrected chi connectivity index (χ3v) is 2.95. The molecule has 0 saturated carbocycles. The lowest BCUT2D eigenvalue weighted by Crippen LogP contribution is -2.33. The van der Waals surface area contributed by atoms with Gasteiger partial charge in [-0.05, 0) is 18.6 Å². The van der Waals surface area contributed by atoms with Crippen molar-refractivity contribution in [2.45, 2.75) is 19.5 Å². The van der Waals surface area contributed by atoms with Gasteiger partial charge in [0, 0.05) is 30.7 Å². The van der Waals surface area contributed by atoms with Crippen molar-refractivity contribution in [1.29, 1.82) is 0 Å². The number of aromatic nitrogens is 1. The van der Waals surface area contributed by atoms with Gasteiger partial charge in [0.1, 0.15) is 6.04 Å². The van der Waals surface area contributed by atoms with Crippen molar-refractivity contribution in [2.75, 3.05) is 0 Å². The summed E-state index contributed by atoms with van der Waals surface area (Å²) in [6, 6.07) is 7.57. The third kappa shape index (κ3) is 2.31. The Hall–Kier alpha value is -1.81. The fourth-order valence-corrected chi connectivity index (χ4v) is 1.92. The number of fused-ring (bicyclic) bond motifs is 1. The minimum absolute atomic E-state index is 0.533. The molecule has 0 radical (unpaired) electrons. The Morgan fingerprint density at radius 3 is 2.88 bits per heavy atom. The van der Waals surface area contributed by atoms with E-state index in [-0.39, 0.29) is 0 Å². The van der Waals surface area contributed by atoms with Gasteiger partial charge < -0.3 is 15.0 Å². The number of carboxylic acids is 1. The summed E-state index contributed by atoms with van der Waals surface area (Å²) >= 11 is 0. The molecule has 17 heavy (non-hydrogen) atoms. The van der Waals surface area contributed by atoms with Gasteiger partial charge in [-0.2, -0.15) is 0 Å². The molecule has 1 aromatic carbocycles. The topological polar surface area (TPSA) is 54.3 Å². The Kier molecular flexibility index (Phi) is 3.15. The number of aryl methyl sites for hydroxylation is 1. The van der Waals surface area contributed by atoms with E-state index in [9.17, 15) is 4.79 Å². The number of nitrogens with zero attached hydrogens (tertiary/aromatic N) is 1. The van der Waals surface area contributed by atoms with Crippen molar-refractivity contribution in [3.05, 3.63) is 36.0 Å². The second-order valence-corrected chi connectivity index (χ2v) is 4.22. The maximum absolute atomic E-state index is 10.7. The molecular formula is C13H16N2O2. The summed E-state index contributed by atoms with van der Waals surface area (Å²) in [5, 5.41) is 13.0. The van der Waals surface area contributed by atoms with Gasteiger partial charge in [-0.15, -0.1) is 0 Å². The van der Waals surface area contributed by atoms with E-state index < -0.39 is 12.0 Å². The molecule has 2 aromatic rings. The first-order valence-electron chi connectivity index (χ1n) is 5.58. The molecule has 1 heterocycles. The van der Waals surface area contributed by atoms with E-state index in [4.69, 9.17) is 5.11 Å². The van der Waals surface area contributed by atoms with Crippen molar-refractivity contribution >= 4 is 16.9 Å². The highest BCUT2D eigenvalue weighted by Crippen LogP contribution is 2.19. The highest BCUT2D eigenvalue weighted by Gasteiger charge is 2.11. The number of hydrogen-bond acceptors (Lipinski definition) is 2. The summed E-state index contributed by atoms with van der Waals surface area (Å²) in [4.78, 5) is 10.7. The number of hydrogen-bond donors (Lipinski definition) is 2. The van der Waals surface area contributed by atoms with Crippen molar-refractivity contribution in [3.63, 3.8) is 0 Å². The lowest BCUT2D eigenvalue weighted by Gasteiger charge is -2.07. The van der Waals surface area contributed by atoms with Crippen LogP contribution < -0.4 is 5.32 Å². The molecule has 4 heteroatoms. The van der Waals surface area contributed by atoms with Crippen LogP contribution in [0.15, 0.2) is 30.5 Å². The summed E-state index contributed by atoms with van der Waals surface area (Å²) < 4.78 is 2.05. The molecule has 0 aliphatic heterocycles. The Balaban J connectivity index is 2.22. The predicted octanol–water partition coefficient (Wildman–Crippen LogP) is 1.74. The molecule has 0 aliphatic rings. The van der Waals surface area contributed by atoms with Crippen LogP contribution in [0.1, 0.15) is 12.5 Å². The van der Waals surface area contributed by atoms with Crippen LogP contribution in [0.25, 0.3) is 10.9 Å². The zero-order chi connectivity index (χ0) is 12.4. The molecule has 0 aliphatic carbocycles. The van der Waals surface area contributed by atoms with Crippen LogP contribution in [0.2, 0.25) is 0 Å². The Morgan fingerprint density at radius 2 is 2.18 bits per heavy atom. The summed E-state index contributed by atoms with van der Waals surface area (Å²) in [6.07, 6.45) is 2.03. The van der Waals surface area contributed by atoms with Crippen LogP contribution in [-0.4, -0.2) is 21.7 Å². The molecule has 2 N–H and O–H groups in total. The van der Waals surface area contributed by atoms with Crippen LogP contribution in [0.4, 0.5) is 0 Å². The van der Waals surface area contributed by atoms with E-state index in [2.05, 4.69) is 22.0 Å².